The first-order chi connectivity index (χ1) is 12.5. The zero-order chi connectivity index (χ0) is 18.9. The van der Waals surface area contributed by atoms with Crippen LogP contribution in [0.4, 0.5) is 10.5 Å². The van der Waals surface area contributed by atoms with Crippen molar-refractivity contribution in [3.05, 3.63) is 12.4 Å². The number of nitrogens with one attached hydrogen (secondary N) is 2. The van der Waals surface area contributed by atoms with Crippen molar-refractivity contribution in [3.63, 3.8) is 0 Å². The minimum absolute atomic E-state index is 0.178. The molecule has 2 heterocycles. The largest absolute Gasteiger partial charge is 0.376 e. The molecule has 1 aliphatic rings. The highest BCUT2D eigenvalue weighted by atomic mass is 16.5. The van der Waals surface area contributed by atoms with E-state index in [9.17, 15) is 4.79 Å². The number of hydrogen-bond acceptors (Lipinski definition) is 4. The van der Waals surface area contributed by atoms with E-state index in [0.29, 0.717) is 24.2 Å². The molecule has 0 saturated carbocycles. The number of likely N-dealkylation sites (N-methyl/N-ethyl adjacent to an activating group) is 1. The average Bonchev–Trinajstić information content (AvgIpc) is 3.26. The summed E-state index contributed by atoms with van der Waals surface area (Å²) in [6.45, 7) is 13.0. The van der Waals surface area contributed by atoms with E-state index in [2.05, 4.69) is 48.3 Å². The number of carbonyl (C=O) groups excluding carboxylic acids is 1. The topological polar surface area (TPSA) is 71.4 Å². The summed E-state index contributed by atoms with van der Waals surface area (Å²) >= 11 is 0. The zero-order valence-corrected chi connectivity index (χ0v) is 16.7. The standard InChI is InChI=1S/C19H35N5O2/c1-5-23(6-2)17(10-15(3)4)12-20-19(25)22-16-11-21-24(13-16)14-18-8-7-9-26-18/h11,13,15,17-18H,5-10,12,14H2,1-4H3,(H2,20,22,25). The van der Waals surface area contributed by atoms with E-state index in [1.54, 1.807) is 6.20 Å². The minimum atomic E-state index is -0.178. The number of aromatic nitrogens is 2. The van der Waals surface area contributed by atoms with Crippen molar-refractivity contribution < 1.29 is 9.53 Å². The molecular formula is C19H35N5O2. The smallest absolute Gasteiger partial charge is 0.319 e. The first kappa shape index (κ1) is 20.7. The molecule has 2 unspecified atom stereocenters. The Hall–Kier alpha value is -1.60. The van der Waals surface area contributed by atoms with Gasteiger partial charge in [0, 0.05) is 25.4 Å². The highest BCUT2D eigenvalue weighted by Crippen LogP contribution is 2.15. The highest BCUT2D eigenvalue weighted by Gasteiger charge is 2.19. The Labute approximate surface area is 157 Å². The van der Waals surface area contributed by atoms with Gasteiger partial charge in [-0.15, -0.1) is 0 Å². The van der Waals surface area contributed by atoms with Crippen LogP contribution in [0.25, 0.3) is 0 Å². The molecule has 0 radical (unpaired) electrons. The molecule has 2 amide bonds. The highest BCUT2D eigenvalue weighted by molar-refractivity contribution is 5.88. The molecule has 7 nitrogen and oxygen atoms in total. The Morgan fingerprint density at radius 1 is 1.42 bits per heavy atom. The monoisotopic (exact) mass is 365 g/mol. The van der Waals surface area contributed by atoms with Crippen LogP contribution in [0.15, 0.2) is 12.4 Å². The van der Waals surface area contributed by atoms with Gasteiger partial charge in [-0.3, -0.25) is 9.58 Å². The lowest BCUT2D eigenvalue weighted by Crippen LogP contribution is -2.45. The SMILES string of the molecule is CCN(CC)C(CNC(=O)Nc1cnn(CC2CCCO2)c1)CC(C)C. The summed E-state index contributed by atoms with van der Waals surface area (Å²) in [5, 5.41) is 10.2. The van der Waals surface area contributed by atoms with Gasteiger partial charge in [-0.1, -0.05) is 27.7 Å². The van der Waals surface area contributed by atoms with Gasteiger partial charge in [0.15, 0.2) is 0 Å². The van der Waals surface area contributed by atoms with Crippen molar-refractivity contribution in [2.24, 2.45) is 5.92 Å². The van der Waals surface area contributed by atoms with E-state index in [1.165, 1.54) is 0 Å². The van der Waals surface area contributed by atoms with Crippen LogP contribution in [-0.4, -0.2) is 59.1 Å². The van der Waals surface area contributed by atoms with Crippen molar-refractivity contribution in [1.29, 1.82) is 0 Å². The normalized spacial score (nSPS) is 18.5. The summed E-state index contributed by atoms with van der Waals surface area (Å²) in [7, 11) is 0. The lowest BCUT2D eigenvalue weighted by molar-refractivity contribution is 0.0940. The summed E-state index contributed by atoms with van der Waals surface area (Å²) in [5.74, 6) is 0.599. The molecule has 2 rings (SSSR count). The molecule has 0 bridgehead atoms. The van der Waals surface area contributed by atoms with E-state index in [4.69, 9.17) is 4.74 Å². The molecule has 7 heteroatoms. The number of carbonyl (C=O) groups is 1. The molecule has 1 aliphatic heterocycles. The second-order valence-corrected chi connectivity index (χ2v) is 7.43. The number of anilines is 1. The van der Waals surface area contributed by atoms with Gasteiger partial charge in [0.25, 0.3) is 0 Å². The average molecular weight is 366 g/mol. The first-order valence-electron chi connectivity index (χ1n) is 9.94. The number of nitrogens with zero attached hydrogens (tertiary/aromatic N) is 3. The van der Waals surface area contributed by atoms with Crippen molar-refractivity contribution in [2.75, 3.05) is 31.6 Å². The quantitative estimate of drug-likeness (QED) is 0.669. The van der Waals surface area contributed by atoms with Gasteiger partial charge in [-0.25, -0.2) is 4.79 Å². The second kappa shape index (κ2) is 10.5. The van der Waals surface area contributed by atoms with Crippen LogP contribution in [0.5, 0.6) is 0 Å². The second-order valence-electron chi connectivity index (χ2n) is 7.43. The number of ether oxygens (including phenoxy) is 1. The van der Waals surface area contributed by atoms with Crippen molar-refractivity contribution in [1.82, 2.24) is 20.0 Å². The van der Waals surface area contributed by atoms with Gasteiger partial charge in [0.1, 0.15) is 0 Å². The minimum Gasteiger partial charge on any atom is -0.376 e. The van der Waals surface area contributed by atoms with Crippen molar-refractivity contribution >= 4 is 11.7 Å². The van der Waals surface area contributed by atoms with E-state index in [-0.39, 0.29) is 12.1 Å². The van der Waals surface area contributed by atoms with E-state index < -0.39 is 0 Å². The van der Waals surface area contributed by atoms with Gasteiger partial charge in [-0.2, -0.15) is 5.10 Å². The molecule has 0 aromatic carbocycles. The van der Waals surface area contributed by atoms with Gasteiger partial charge < -0.3 is 15.4 Å². The Morgan fingerprint density at radius 2 is 2.19 bits per heavy atom. The van der Waals surface area contributed by atoms with Gasteiger partial charge in [0.2, 0.25) is 0 Å². The predicted octanol–water partition coefficient (Wildman–Crippen LogP) is 2.94. The number of hydrogen-bond donors (Lipinski definition) is 2. The van der Waals surface area contributed by atoms with Gasteiger partial charge in [-0.05, 0) is 38.3 Å². The number of urea groups is 1. The van der Waals surface area contributed by atoms with Gasteiger partial charge in [0.05, 0.1) is 24.5 Å². The fourth-order valence-electron chi connectivity index (χ4n) is 3.56. The molecule has 0 aliphatic carbocycles. The van der Waals surface area contributed by atoms with Crippen LogP contribution in [0.3, 0.4) is 0 Å². The lowest BCUT2D eigenvalue weighted by atomic mass is 10.0. The van der Waals surface area contributed by atoms with Crippen molar-refractivity contribution in [3.8, 4) is 0 Å². The summed E-state index contributed by atoms with van der Waals surface area (Å²) in [6, 6.07) is 0.181. The summed E-state index contributed by atoms with van der Waals surface area (Å²) in [5.41, 5.74) is 0.712. The van der Waals surface area contributed by atoms with Crippen LogP contribution in [0.2, 0.25) is 0 Å². The summed E-state index contributed by atoms with van der Waals surface area (Å²) in [6.07, 6.45) is 7.04. The maximum Gasteiger partial charge on any atom is 0.319 e. The van der Waals surface area contributed by atoms with Crippen molar-refractivity contribution in [2.45, 2.75) is 65.6 Å². The van der Waals surface area contributed by atoms with Crippen LogP contribution in [0, 0.1) is 5.92 Å². The molecule has 1 fully saturated rings. The molecule has 1 saturated heterocycles. The molecule has 2 atom stereocenters. The fourth-order valence-corrected chi connectivity index (χ4v) is 3.56. The number of amides is 2. The third-order valence-electron chi connectivity index (χ3n) is 4.88. The summed E-state index contributed by atoms with van der Waals surface area (Å²) < 4.78 is 7.46. The third kappa shape index (κ3) is 6.61. The molecule has 26 heavy (non-hydrogen) atoms. The molecule has 1 aromatic heterocycles. The zero-order valence-electron chi connectivity index (χ0n) is 16.7. The van der Waals surface area contributed by atoms with Crippen LogP contribution < -0.4 is 10.6 Å². The summed E-state index contributed by atoms with van der Waals surface area (Å²) in [4.78, 5) is 14.7. The first-order valence-corrected chi connectivity index (χ1v) is 9.94. The van der Waals surface area contributed by atoms with E-state index in [0.717, 1.165) is 45.5 Å². The molecule has 1 aromatic rings. The molecule has 2 N–H and O–H groups in total. The molecule has 148 valence electrons. The van der Waals surface area contributed by atoms with Crippen LogP contribution in [-0.2, 0) is 11.3 Å². The molecular weight excluding hydrogens is 330 g/mol. The maximum atomic E-state index is 12.3. The van der Waals surface area contributed by atoms with Crippen LogP contribution in [0.1, 0.15) is 47.0 Å². The fraction of sp³-hybridized carbons (Fsp3) is 0.789. The van der Waals surface area contributed by atoms with E-state index >= 15 is 0 Å². The van der Waals surface area contributed by atoms with Crippen LogP contribution >= 0.6 is 0 Å². The maximum absolute atomic E-state index is 12.3. The Bertz CT molecular complexity index is 536. The lowest BCUT2D eigenvalue weighted by Gasteiger charge is -2.31. The number of rotatable bonds is 10. The Balaban J connectivity index is 1.80. The predicted molar refractivity (Wildman–Crippen MR) is 104 cm³/mol. The Morgan fingerprint density at radius 3 is 2.81 bits per heavy atom. The third-order valence-corrected chi connectivity index (χ3v) is 4.88. The Kier molecular flexibility index (Phi) is 8.38. The van der Waals surface area contributed by atoms with E-state index in [1.807, 2.05) is 10.9 Å². The van der Waals surface area contributed by atoms with Gasteiger partial charge >= 0.3 is 6.03 Å². The molecule has 0 spiro atoms.